The molecule has 0 fully saturated rings. The summed E-state index contributed by atoms with van der Waals surface area (Å²) >= 11 is 35.9. The summed E-state index contributed by atoms with van der Waals surface area (Å²) in [4.78, 5) is 0. The van der Waals surface area contributed by atoms with E-state index in [1.807, 2.05) is 0 Å². The average molecular weight is 513 g/mol. The van der Waals surface area contributed by atoms with Crippen LogP contribution in [0.4, 0.5) is 0 Å². The summed E-state index contributed by atoms with van der Waals surface area (Å²) in [7, 11) is 0. The smallest absolute Gasteiger partial charge is 0.415 e. The molecule has 0 radical (unpaired) electrons. The van der Waals surface area contributed by atoms with Gasteiger partial charge in [0.25, 0.3) is 0 Å². The van der Waals surface area contributed by atoms with Crippen LogP contribution >= 0.6 is 48.9 Å². The Bertz CT molecular complexity index is 188. The fourth-order valence-corrected chi connectivity index (χ4v) is 0. The molecule has 0 aliphatic rings. The molecular weight excluding hydrogens is 505 g/mol. The van der Waals surface area contributed by atoms with Crippen molar-refractivity contribution in [1.82, 2.24) is 0 Å². The van der Waals surface area contributed by atoms with Crippen molar-refractivity contribution in [2.75, 3.05) is 0 Å². The zero-order valence-electron chi connectivity index (χ0n) is 8.80. The fourth-order valence-electron chi connectivity index (χ4n) is 0. The Morgan fingerprint density at radius 2 is 0.579 bits per heavy atom. The van der Waals surface area contributed by atoms with E-state index < -0.39 is 0 Å². The Labute approximate surface area is 175 Å². The molecule has 0 spiro atoms. The van der Waals surface area contributed by atoms with Crippen LogP contribution in [-0.4, -0.2) is 21.5 Å². The van der Waals surface area contributed by atoms with E-state index in [0.717, 1.165) is 0 Å². The van der Waals surface area contributed by atoms with Gasteiger partial charge >= 0.3 is 21.1 Å². The summed E-state index contributed by atoms with van der Waals surface area (Å²) in [5.74, 6) is 0. The number of rotatable bonds is 0. The van der Waals surface area contributed by atoms with Crippen molar-refractivity contribution in [2.45, 2.75) is 0 Å². The standard InChI is InChI=1S/4CH3NS2.Mo.OS/c4*2-1(3)4;;1-2/h4*(H3,2,3,4);;/q;;;;+4;/p-4. The normalized spacial score (nSPS) is 5.26. The summed E-state index contributed by atoms with van der Waals surface area (Å²) in [6.45, 7) is 0. The first-order chi connectivity index (χ1) is 7.93. The summed E-state index contributed by atoms with van der Waals surface area (Å²) < 4.78 is 8.17. The minimum Gasteiger partial charge on any atom is -0.415 e. The minimum atomic E-state index is 0. The molecule has 0 bridgehead atoms. The van der Waals surface area contributed by atoms with Crippen LogP contribution in [0.15, 0.2) is 0 Å². The van der Waals surface area contributed by atoms with Crippen LogP contribution in [0.3, 0.4) is 0 Å². The molecule has 19 heavy (non-hydrogen) atoms. The average Bonchev–Trinajstić information content (AvgIpc) is 2.01. The van der Waals surface area contributed by atoms with E-state index in [1.54, 1.807) is 0 Å². The van der Waals surface area contributed by atoms with Crippen LogP contribution in [0.25, 0.3) is 0 Å². The van der Waals surface area contributed by atoms with Crippen molar-refractivity contribution in [3.63, 3.8) is 0 Å². The van der Waals surface area contributed by atoms with Gasteiger partial charge in [0.2, 0.25) is 0 Å². The van der Waals surface area contributed by atoms with Gasteiger partial charge < -0.3 is 122 Å². The molecule has 0 heterocycles. The van der Waals surface area contributed by atoms with Gasteiger partial charge in [-0.15, -0.1) is 0 Å². The van der Waals surface area contributed by atoms with Gasteiger partial charge in [0.05, 0.1) is 0 Å². The van der Waals surface area contributed by atoms with Gasteiger partial charge in [-0.3, -0.25) is 0 Å². The molecule has 0 rings (SSSR count). The van der Waals surface area contributed by atoms with Crippen molar-refractivity contribution < 1.29 is 25.3 Å². The first-order valence-corrected chi connectivity index (χ1v) is 6.55. The van der Waals surface area contributed by atoms with Gasteiger partial charge in [0.15, 0.2) is 12.5 Å². The molecule has 0 aromatic rings. The maximum Gasteiger partial charge on any atom is 4.00 e. The molecule has 0 aromatic heterocycles. The molecule has 0 saturated heterocycles. The van der Waals surface area contributed by atoms with Gasteiger partial charge in [-0.1, -0.05) is 17.3 Å². The predicted molar refractivity (Wildman–Crippen MR) is 105 cm³/mol. The topological polar surface area (TPSA) is 121 Å². The van der Waals surface area contributed by atoms with Gasteiger partial charge in [-0.05, 0) is 0 Å². The maximum atomic E-state index is 7.83. The Morgan fingerprint density at radius 1 is 0.579 bits per heavy atom. The van der Waals surface area contributed by atoms with Crippen LogP contribution in [0.2, 0.25) is 0 Å². The molecule has 0 unspecified atom stereocenters. The van der Waals surface area contributed by atoms with Crippen molar-refractivity contribution in [2.24, 2.45) is 22.9 Å². The molecule has 0 aliphatic heterocycles. The van der Waals surface area contributed by atoms with Crippen LogP contribution in [0.5, 0.6) is 0 Å². The summed E-state index contributed by atoms with van der Waals surface area (Å²) in [5.41, 5.74) is 18.6. The molecule has 0 amide bonds. The first-order valence-electron chi connectivity index (χ1n) is 2.95. The van der Waals surface area contributed by atoms with E-state index in [4.69, 9.17) is 4.21 Å². The van der Waals surface area contributed by atoms with Crippen molar-refractivity contribution in [3.05, 3.63) is 0 Å². The van der Waals surface area contributed by atoms with Gasteiger partial charge in [0.1, 0.15) is 0 Å². The second-order valence-corrected chi connectivity index (χ2v) is 5.83. The van der Waals surface area contributed by atoms with Crippen LogP contribution in [0.1, 0.15) is 0 Å². The van der Waals surface area contributed by atoms with E-state index in [0.29, 0.717) is 0 Å². The predicted octanol–water partition coefficient (Wildman–Crippen LogP) is -1.23. The van der Waals surface area contributed by atoms with Crippen molar-refractivity contribution in [3.8, 4) is 0 Å². The largest absolute Gasteiger partial charge is 4.00 e. The summed E-state index contributed by atoms with van der Waals surface area (Å²) in [6.07, 6.45) is 0. The minimum absolute atomic E-state index is 0. The van der Waals surface area contributed by atoms with Gasteiger partial charge in [0, 0.05) is 0 Å². The monoisotopic (exact) mass is 514 g/mol. The van der Waals surface area contributed by atoms with E-state index in [9.17, 15) is 0 Å². The third-order valence-electron chi connectivity index (χ3n) is 0. The van der Waals surface area contributed by atoms with Crippen LogP contribution in [-0.2, 0) is 84.1 Å². The van der Waals surface area contributed by atoms with Gasteiger partial charge in [-0.2, -0.15) is 4.21 Å². The zero-order chi connectivity index (χ0) is 16.3. The van der Waals surface area contributed by atoms with Crippen molar-refractivity contribution in [1.29, 1.82) is 0 Å². The molecular formula is C4H8MoN4OS9. The molecule has 110 valence electrons. The molecule has 0 aliphatic carbocycles. The SMILES string of the molecule is NC(=S)[S-].NC(=S)[S-].NC(=S)[S-].NC(=S)[S-].O=S.[Mo+4]. The van der Waals surface area contributed by atoms with E-state index in [1.165, 1.54) is 0 Å². The Balaban J connectivity index is -0.0000000279. The molecule has 5 nitrogen and oxygen atoms in total. The third-order valence-corrected chi connectivity index (χ3v) is 0. The van der Waals surface area contributed by atoms with Gasteiger partial charge in [-0.25, -0.2) is 0 Å². The molecule has 8 N–H and O–H groups in total. The van der Waals surface area contributed by atoms with E-state index in [2.05, 4.69) is 135 Å². The second kappa shape index (κ2) is 36.5. The number of nitrogens with two attached hydrogens (primary N) is 4. The number of hydrogen-bond acceptors (Lipinski definition) is 10. The Kier molecular flexibility index (Phi) is 70.9. The van der Waals surface area contributed by atoms with Crippen LogP contribution < -0.4 is 22.9 Å². The molecule has 0 saturated carbocycles. The van der Waals surface area contributed by atoms with Crippen LogP contribution in [0, 0.1) is 0 Å². The quantitative estimate of drug-likeness (QED) is 0.176. The van der Waals surface area contributed by atoms with E-state index >= 15 is 0 Å². The summed E-state index contributed by atoms with van der Waals surface area (Å²) in [5, 5.41) is 0. The third kappa shape index (κ3) is 4270. The molecule has 0 aromatic carbocycles. The first kappa shape index (κ1) is 36.9. The maximum absolute atomic E-state index is 7.83. The molecule has 15 heteroatoms. The second-order valence-electron chi connectivity index (χ2n) is 1.28. The van der Waals surface area contributed by atoms with E-state index in [-0.39, 0.29) is 38.3 Å². The number of hydrogen-bond donors (Lipinski definition) is 4. The zero-order valence-corrected chi connectivity index (χ0v) is 18.2. The Morgan fingerprint density at radius 3 is 0.579 bits per heavy atom. The number of thiocarbonyl (C=S) groups is 4. The summed E-state index contributed by atoms with van der Waals surface area (Å²) in [6, 6.07) is 0. The fraction of sp³-hybridized carbons (Fsp3) is 0. The van der Waals surface area contributed by atoms with Crippen molar-refractivity contribution >= 4 is 129 Å². The Hall–Kier alpha value is 1.15. The molecule has 0 atom stereocenters.